The third kappa shape index (κ3) is 3.43. The molecule has 0 bridgehead atoms. The number of imidazole rings is 1. The normalized spacial score (nSPS) is 14.3. The fraction of sp³-hybridized carbons (Fsp3) is 0.278. The van der Waals surface area contributed by atoms with Crippen LogP contribution in [0.1, 0.15) is 18.4 Å². The number of carbonyl (C=O) groups is 1. The summed E-state index contributed by atoms with van der Waals surface area (Å²) >= 11 is 0. The molecule has 1 aliphatic heterocycles. The van der Waals surface area contributed by atoms with Gasteiger partial charge >= 0.3 is 6.03 Å². The first-order valence-corrected chi connectivity index (χ1v) is 7.89. The second-order valence-electron chi connectivity index (χ2n) is 5.97. The van der Waals surface area contributed by atoms with Crippen LogP contribution >= 0.6 is 0 Å². The van der Waals surface area contributed by atoms with E-state index < -0.39 is 11.6 Å². The topological polar surface area (TPSA) is 52.9 Å². The summed E-state index contributed by atoms with van der Waals surface area (Å²) in [5, 5.41) is 9.43. The van der Waals surface area contributed by atoms with Crippen LogP contribution in [0.25, 0.3) is 5.57 Å². The minimum atomic E-state index is -0.748. The van der Waals surface area contributed by atoms with E-state index in [0.29, 0.717) is 25.9 Å². The number of carbonyl (C=O) groups excluding carboxylic acids is 1. The lowest BCUT2D eigenvalue weighted by atomic mass is 9.93. The molecule has 1 aliphatic rings. The van der Waals surface area contributed by atoms with Gasteiger partial charge in [0.15, 0.2) is 0 Å². The predicted octanol–water partition coefficient (Wildman–Crippen LogP) is 2.63. The second kappa shape index (κ2) is 6.85. The summed E-state index contributed by atoms with van der Waals surface area (Å²) in [7, 11) is 1.83. The van der Waals surface area contributed by atoms with Gasteiger partial charge in [0.05, 0.1) is 18.7 Å². The molecule has 1 fully saturated rings. The highest BCUT2D eigenvalue weighted by Gasteiger charge is 2.26. The maximum Gasteiger partial charge on any atom is 0.415 e. The van der Waals surface area contributed by atoms with Crippen molar-refractivity contribution in [1.29, 1.82) is 5.26 Å². The van der Waals surface area contributed by atoms with Crippen molar-refractivity contribution in [3.63, 3.8) is 0 Å². The van der Waals surface area contributed by atoms with Crippen molar-refractivity contribution in [1.82, 2.24) is 9.47 Å². The van der Waals surface area contributed by atoms with E-state index in [4.69, 9.17) is 0 Å². The van der Waals surface area contributed by atoms with Gasteiger partial charge in [0.2, 0.25) is 0 Å². The zero-order valence-electron chi connectivity index (χ0n) is 13.7. The highest BCUT2D eigenvalue weighted by Crippen LogP contribution is 2.28. The van der Waals surface area contributed by atoms with Gasteiger partial charge in [-0.25, -0.2) is 18.1 Å². The Kier molecular flexibility index (Phi) is 4.61. The Morgan fingerprint density at radius 2 is 2.00 bits per heavy atom. The summed E-state index contributed by atoms with van der Waals surface area (Å²) in [5.74, 6) is -1.42. The van der Waals surface area contributed by atoms with Crippen LogP contribution < -0.4 is 4.57 Å². The number of allylic oxidation sites excluding steroid dienone is 1. The molecule has 0 atom stereocenters. The highest BCUT2D eigenvalue weighted by molar-refractivity contribution is 5.81. The summed E-state index contributed by atoms with van der Waals surface area (Å²) in [6.07, 6.45) is 6.11. The van der Waals surface area contributed by atoms with Crippen molar-refractivity contribution in [3.8, 4) is 6.07 Å². The average molecular weight is 343 g/mol. The molecule has 0 N–H and O–H groups in total. The molecule has 1 aromatic heterocycles. The molecule has 2 aromatic rings. The Morgan fingerprint density at radius 3 is 2.56 bits per heavy atom. The van der Waals surface area contributed by atoms with Gasteiger partial charge in [-0.3, -0.25) is 0 Å². The lowest BCUT2D eigenvalue weighted by Crippen LogP contribution is -2.39. The van der Waals surface area contributed by atoms with Crippen LogP contribution in [-0.4, -0.2) is 28.6 Å². The molecule has 0 unspecified atom stereocenters. The molecule has 0 aliphatic carbocycles. The molecule has 1 amide bonds. The smallest absolute Gasteiger partial charge is 0.304 e. The van der Waals surface area contributed by atoms with Gasteiger partial charge in [-0.2, -0.15) is 9.83 Å². The number of hydrogen-bond acceptors (Lipinski definition) is 2. The lowest BCUT2D eigenvalue weighted by molar-refractivity contribution is -0.670. The Morgan fingerprint density at radius 1 is 1.28 bits per heavy atom. The van der Waals surface area contributed by atoms with Gasteiger partial charge in [0.25, 0.3) is 6.33 Å². The van der Waals surface area contributed by atoms with E-state index >= 15 is 0 Å². The second-order valence-corrected chi connectivity index (χ2v) is 5.97. The van der Waals surface area contributed by atoms with Crippen molar-refractivity contribution in [2.24, 2.45) is 7.05 Å². The van der Waals surface area contributed by atoms with E-state index in [1.807, 2.05) is 13.1 Å². The van der Waals surface area contributed by atoms with Crippen molar-refractivity contribution in [3.05, 3.63) is 59.7 Å². The number of nitriles is 1. The standard InChI is InChI=1S/C18H17F2N4O/c1-22-8-9-24(12-22)18(25)23-6-4-13(5-7-23)16(11-21)15-3-2-14(19)10-17(15)20/h2-3,8-10,12H,4-7H2,1H3/q+1. The average Bonchev–Trinajstić information content (AvgIpc) is 3.04. The fourth-order valence-electron chi connectivity index (χ4n) is 2.97. The Labute approximate surface area is 144 Å². The van der Waals surface area contributed by atoms with E-state index in [2.05, 4.69) is 0 Å². The number of rotatable bonds is 1. The van der Waals surface area contributed by atoms with Crippen LogP contribution in [0.2, 0.25) is 0 Å². The number of piperidine rings is 1. The van der Waals surface area contributed by atoms with Gasteiger partial charge in [0.1, 0.15) is 24.0 Å². The summed E-state index contributed by atoms with van der Waals surface area (Å²) in [6, 6.07) is 5.10. The first-order chi connectivity index (χ1) is 12.0. The van der Waals surface area contributed by atoms with E-state index in [9.17, 15) is 18.8 Å². The number of aryl methyl sites for hydroxylation is 1. The quantitative estimate of drug-likeness (QED) is 0.590. The van der Waals surface area contributed by atoms with E-state index in [1.54, 1.807) is 28.2 Å². The molecule has 25 heavy (non-hydrogen) atoms. The third-order valence-electron chi connectivity index (χ3n) is 4.29. The van der Waals surface area contributed by atoms with Crippen LogP contribution in [0.15, 0.2) is 42.5 Å². The number of halogens is 2. The van der Waals surface area contributed by atoms with Gasteiger partial charge in [0, 0.05) is 24.7 Å². The van der Waals surface area contributed by atoms with Crippen LogP contribution in [-0.2, 0) is 7.05 Å². The number of hydrogen-bond donors (Lipinski definition) is 0. The molecule has 128 valence electrons. The van der Waals surface area contributed by atoms with Gasteiger partial charge in [-0.1, -0.05) is 0 Å². The molecule has 1 saturated heterocycles. The van der Waals surface area contributed by atoms with E-state index in [1.165, 1.54) is 10.6 Å². The van der Waals surface area contributed by atoms with Crippen LogP contribution in [0.4, 0.5) is 13.6 Å². The zero-order valence-corrected chi connectivity index (χ0v) is 13.7. The first-order valence-electron chi connectivity index (χ1n) is 7.89. The number of likely N-dealkylation sites (tertiary alicyclic amines) is 1. The fourth-order valence-corrected chi connectivity index (χ4v) is 2.97. The number of amides is 1. The molecule has 0 radical (unpaired) electrons. The first kappa shape index (κ1) is 16.8. The van der Waals surface area contributed by atoms with Crippen molar-refractivity contribution >= 4 is 11.6 Å². The molecule has 2 heterocycles. The SMILES string of the molecule is C[n+]1ccn(C(=O)N2CCC(=C(C#N)c3ccc(F)cc3F)CC2)c1. The van der Waals surface area contributed by atoms with Crippen molar-refractivity contribution in [2.45, 2.75) is 12.8 Å². The van der Waals surface area contributed by atoms with Crippen LogP contribution in [0, 0.1) is 23.0 Å². The Bertz CT molecular complexity index is 885. The van der Waals surface area contributed by atoms with Crippen LogP contribution in [0.5, 0.6) is 0 Å². The predicted molar refractivity (Wildman–Crippen MR) is 86.1 cm³/mol. The van der Waals surface area contributed by atoms with E-state index in [0.717, 1.165) is 17.7 Å². The molecule has 7 heteroatoms. The number of aromatic nitrogens is 2. The van der Waals surface area contributed by atoms with Crippen LogP contribution in [0.3, 0.4) is 0 Å². The molecule has 5 nitrogen and oxygen atoms in total. The van der Waals surface area contributed by atoms with Crippen molar-refractivity contribution < 1.29 is 18.1 Å². The minimum Gasteiger partial charge on any atom is -0.304 e. The Balaban J connectivity index is 1.78. The molecular formula is C18H17F2N4O+. The molecule has 0 saturated carbocycles. The molecule has 1 aromatic carbocycles. The number of nitrogens with zero attached hydrogens (tertiary/aromatic N) is 4. The zero-order chi connectivity index (χ0) is 18.0. The van der Waals surface area contributed by atoms with E-state index in [-0.39, 0.29) is 17.2 Å². The molecular weight excluding hydrogens is 326 g/mol. The largest absolute Gasteiger partial charge is 0.415 e. The summed E-state index contributed by atoms with van der Waals surface area (Å²) in [4.78, 5) is 14.1. The maximum atomic E-state index is 14.0. The summed E-state index contributed by atoms with van der Waals surface area (Å²) in [5.41, 5.74) is 1.13. The van der Waals surface area contributed by atoms with Gasteiger partial charge in [-0.05, 0) is 30.5 Å². The van der Waals surface area contributed by atoms with Gasteiger partial charge in [-0.15, -0.1) is 0 Å². The van der Waals surface area contributed by atoms with Gasteiger partial charge < -0.3 is 4.90 Å². The maximum absolute atomic E-state index is 14.0. The monoisotopic (exact) mass is 343 g/mol. The molecule has 3 rings (SSSR count). The third-order valence-corrected chi connectivity index (χ3v) is 4.29. The number of benzene rings is 1. The Hall–Kier alpha value is -3.01. The summed E-state index contributed by atoms with van der Waals surface area (Å²) < 4.78 is 30.3. The minimum absolute atomic E-state index is 0.108. The molecule has 0 spiro atoms. The van der Waals surface area contributed by atoms with Crippen molar-refractivity contribution in [2.75, 3.05) is 13.1 Å². The lowest BCUT2D eigenvalue weighted by Gasteiger charge is -2.27. The summed E-state index contributed by atoms with van der Waals surface area (Å²) in [6.45, 7) is 0.897. The highest BCUT2D eigenvalue weighted by atomic mass is 19.1.